The molecule has 0 bridgehead atoms. The number of aromatic amines is 1. The summed E-state index contributed by atoms with van der Waals surface area (Å²) in [7, 11) is 0. The van der Waals surface area contributed by atoms with Crippen LogP contribution in [0.4, 0.5) is 5.69 Å². The van der Waals surface area contributed by atoms with Crippen LogP contribution < -0.4 is 10.2 Å². The number of anilines is 1. The predicted octanol–water partition coefficient (Wildman–Crippen LogP) is 4.72. The second kappa shape index (κ2) is 12.0. The standard InChI is InChI=1S/C24H29Cl2N3O2/c1-2-31-24(30)23(15-19-17-28-22-6-4-3-5-21(19)22)27-16-18-7-9-20(10-8-18)29(13-11-25)14-12-26/h3-10,17,23,27-28H,2,11-16H2,1H3. The van der Waals surface area contributed by atoms with Crippen molar-refractivity contribution < 1.29 is 9.53 Å². The van der Waals surface area contributed by atoms with Crippen LogP contribution in [0.5, 0.6) is 0 Å². The lowest BCUT2D eigenvalue weighted by Gasteiger charge is -2.23. The molecule has 5 nitrogen and oxygen atoms in total. The average Bonchev–Trinajstić information content (AvgIpc) is 3.20. The van der Waals surface area contributed by atoms with E-state index in [1.165, 1.54) is 0 Å². The first-order valence-corrected chi connectivity index (χ1v) is 11.6. The van der Waals surface area contributed by atoms with E-state index in [1.807, 2.05) is 31.3 Å². The first kappa shape index (κ1) is 23.5. The fourth-order valence-corrected chi connectivity index (χ4v) is 4.05. The van der Waals surface area contributed by atoms with Gasteiger partial charge in [0.2, 0.25) is 0 Å². The number of halogens is 2. The number of benzene rings is 2. The molecule has 1 heterocycles. The summed E-state index contributed by atoms with van der Waals surface area (Å²) in [5, 5.41) is 4.50. The molecule has 0 amide bonds. The molecule has 3 aromatic rings. The molecule has 0 aliphatic carbocycles. The van der Waals surface area contributed by atoms with Crippen LogP contribution in [-0.2, 0) is 22.5 Å². The third kappa shape index (κ3) is 6.39. The highest BCUT2D eigenvalue weighted by Gasteiger charge is 2.21. The summed E-state index contributed by atoms with van der Waals surface area (Å²) in [6.45, 7) is 4.25. The lowest BCUT2D eigenvalue weighted by Crippen LogP contribution is -2.39. The number of H-pyrrole nitrogens is 1. The SMILES string of the molecule is CCOC(=O)C(Cc1c[nH]c2ccccc12)NCc1ccc(N(CCCl)CCCl)cc1. The number of para-hydroxylation sites is 1. The predicted molar refractivity (Wildman–Crippen MR) is 129 cm³/mol. The van der Waals surface area contributed by atoms with Gasteiger partial charge in [-0.1, -0.05) is 30.3 Å². The van der Waals surface area contributed by atoms with Crippen LogP contribution in [0.2, 0.25) is 0 Å². The highest BCUT2D eigenvalue weighted by atomic mass is 35.5. The van der Waals surface area contributed by atoms with Gasteiger partial charge in [-0.3, -0.25) is 4.79 Å². The summed E-state index contributed by atoms with van der Waals surface area (Å²) < 4.78 is 5.31. The largest absolute Gasteiger partial charge is 0.465 e. The van der Waals surface area contributed by atoms with Gasteiger partial charge in [-0.05, 0) is 36.2 Å². The van der Waals surface area contributed by atoms with Crippen molar-refractivity contribution in [2.45, 2.75) is 25.9 Å². The molecule has 1 unspecified atom stereocenters. The Labute approximate surface area is 193 Å². The first-order valence-electron chi connectivity index (χ1n) is 10.6. The van der Waals surface area contributed by atoms with E-state index >= 15 is 0 Å². The number of carbonyl (C=O) groups excluding carboxylic acids is 1. The van der Waals surface area contributed by atoms with Gasteiger partial charge < -0.3 is 19.9 Å². The number of esters is 1. The number of hydrogen-bond acceptors (Lipinski definition) is 4. The van der Waals surface area contributed by atoms with Crippen molar-refractivity contribution in [1.29, 1.82) is 0 Å². The highest BCUT2D eigenvalue weighted by molar-refractivity contribution is 6.18. The molecule has 166 valence electrons. The molecule has 0 saturated heterocycles. The molecule has 0 aliphatic heterocycles. The quantitative estimate of drug-likeness (QED) is 0.302. The molecule has 1 atom stereocenters. The zero-order chi connectivity index (χ0) is 22.1. The smallest absolute Gasteiger partial charge is 0.323 e. The van der Waals surface area contributed by atoms with Gasteiger partial charge in [0.1, 0.15) is 6.04 Å². The maximum atomic E-state index is 12.6. The van der Waals surface area contributed by atoms with Gasteiger partial charge in [-0.15, -0.1) is 23.2 Å². The number of hydrogen-bond donors (Lipinski definition) is 2. The van der Waals surface area contributed by atoms with E-state index in [4.69, 9.17) is 27.9 Å². The third-order valence-electron chi connectivity index (χ3n) is 5.23. The summed E-state index contributed by atoms with van der Waals surface area (Å²) >= 11 is 11.8. The molecule has 0 radical (unpaired) electrons. The van der Waals surface area contributed by atoms with Crippen molar-refractivity contribution in [3.63, 3.8) is 0 Å². The first-order chi connectivity index (χ1) is 15.2. The Morgan fingerprint density at radius 2 is 1.81 bits per heavy atom. The summed E-state index contributed by atoms with van der Waals surface area (Å²) in [5.41, 5.74) is 4.34. The molecule has 1 aromatic heterocycles. The van der Waals surface area contributed by atoms with E-state index < -0.39 is 6.04 Å². The number of fused-ring (bicyclic) bond motifs is 1. The average molecular weight is 462 g/mol. The van der Waals surface area contributed by atoms with E-state index in [0.29, 0.717) is 31.3 Å². The van der Waals surface area contributed by atoms with Crippen molar-refractivity contribution in [3.05, 3.63) is 65.9 Å². The molecule has 3 rings (SSSR count). The van der Waals surface area contributed by atoms with Crippen molar-refractivity contribution in [2.24, 2.45) is 0 Å². The number of rotatable bonds is 12. The molecule has 0 saturated carbocycles. The lowest BCUT2D eigenvalue weighted by atomic mass is 10.0. The van der Waals surface area contributed by atoms with Crippen LogP contribution in [0.15, 0.2) is 54.7 Å². The molecule has 7 heteroatoms. The van der Waals surface area contributed by atoms with Crippen molar-refractivity contribution >= 4 is 45.8 Å². The molecule has 0 spiro atoms. The van der Waals surface area contributed by atoms with E-state index in [1.54, 1.807) is 0 Å². The second-order valence-electron chi connectivity index (χ2n) is 7.28. The Kier molecular flexibility index (Phi) is 9.07. The monoisotopic (exact) mass is 461 g/mol. The Morgan fingerprint density at radius 3 is 2.48 bits per heavy atom. The molecular formula is C24H29Cl2N3O2. The molecular weight excluding hydrogens is 433 g/mol. The minimum absolute atomic E-state index is 0.236. The Morgan fingerprint density at radius 1 is 1.10 bits per heavy atom. The van der Waals surface area contributed by atoms with Crippen LogP contribution in [0, 0.1) is 0 Å². The fourth-order valence-electron chi connectivity index (χ4n) is 3.64. The zero-order valence-electron chi connectivity index (χ0n) is 17.7. The van der Waals surface area contributed by atoms with E-state index in [2.05, 4.69) is 45.5 Å². The highest BCUT2D eigenvalue weighted by Crippen LogP contribution is 2.20. The van der Waals surface area contributed by atoms with E-state index in [0.717, 1.165) is 40.8 Å². The number of aromatic nitrogens is 1. The maximum Gasteiger partial charge on any atom is 0.323 e. The number of carbonyl (C=O) groups is 1. The molecule has 31 heavy (non-hydrogen) atoms. The molecule has 0 fully saturated rings. The summed E-state index contributed by atoms with van der Waals surface area (Å²) in [6.07, 6.45) is 2.52. The van der Waals surface area contributed by atoms with Gasteiger partial charge in [0, 0.05) is 60.6 Å². The van der Waals surface area contributed by atoms with Gasteiger partial charge in [0.05, 0.1) is 6.61 Å². The number of nitrogens with one attached hydrogen (secondary N) is 2. The maximum absolute atomic E-state index is 12.6. The van der Waals surface area contributed by atoms with E-state index in [-0.39, 0.29) is 5.97 Å². The third-order valence-corrected chi connectivity index (χ3v) is 5.57. The van der Waals surface area contributed by atoms with Crippen molar-refractivity contribution in [1.82, 2.24) is 10.3 Å². The summed E-state index contributed by atoms with van der Waals surface area (Å²) in [6, 6.07) is 15.9. The zero-order valence-corrected chi connectivity index (χ0v) is 19.3. The fraction of sp³-hybridized carbons (Fsp3) is 0.375. The van der Waals surface area contributed by atoms with E-state index in [9.17, 15) is 4.79 Å². The van der Waals surface area contributed by atoms with Gasteiger partial charge in [0.25, 0.3) is 0 Å². The minimum atomic E-state index is -0.428. The number of ether oxygens (including phenoxy) is 1. The molecule has 2 aromatic carbocycles. The molecule has 2 N–H and O–H groups in total. The van der Waals surface area contributed by atoms with Gasteiger partial charge in [-0.2, -0.15) is 0 Å². The normalized spacial score (nSPS) is 12.1. The van der Waals surface area contributed by atoms with Crippen LogP contribution in [0.25, 0.3) is 10.9 Å². The van der Waals surface area contributed by atoms with Crippen LogP contribution in [0.3, 0.4) is 0 Å². The Hall–Kier alpha value is -2.21. The number of nitrogens with zero attached hydrogens (tertiary/aromatic N) is 1. The topological polar surface area (TPSA) is 57.4 Å². The van der Waals surface area contributed by atoms with Gasteiger partial charge in [-0.25, -0.2) is 0 Å². The Balaban J connectivity index is 1.68. The summed E-state index contributed by atoms with van der Waals surface area (Å²) in [4.78, 5) is 18.0. The lowest BCUT2D eigenvalue weighted by molar-refractivity contribution is -0.145. The van der Waals surface area contributed by atoms with Crippen LogP contribution in [-0.4, -0.2) is 48.5 Å². The van der Waals surface area contributed by atoms with Crippen LogP contribution >= 0.6 is 23.2 Å². The number of alkyl halides is 2. The Bertz CT molecular complexity index is 953. The second-order valence-corrected chi connectivity index (χ2v) is 8.04. The van der Waals surface area contributed by atoms with Crippen LogP contribution in [0.1, 0.15) is 18.1 Å². The minimum Gasteiger partial charge on any atom is -0.465 e. The van der Waals surface area contributed by atoms with Crippen molar-refractivity contribution in [2.75, 3.05) is 36.4 Å². The summed E-state index contributed by atoms with van der Waals surface area (Å²) in [5.74, 6) is 0.865. The van der Waals surface area contributed by atoms with Crippen molar-refractivity contribution in [3.8, 4) is 0 Å². The van der Waals surface area contributed by atoms with Gasteiger partial charge in [0.15, 0.2) is 0 Å². The molecule has 0 aliphatic rings. The van der Waals surface area contributed by atoms with Gasteiger partial charge >= 0.3 is 5.97 Å².